The van der Waals surface area contributed by atoms with Crippen LogP contribution in [0.15, 0.2) is 47.5 Å². The Bertz CT molecular complexity index is 854. The van der Waals surface area contributed by atoms with Crippen molar-refractivity contribution >= 4 is 22.9 Å². The molecule has 0 unspecified atom stereocenters. The highest BCUT2D eigenvalue weighted by atomic mass is 14.3. The molecule has 0 atom stereocenters. The lowest BCUT2D eigenvalue weighted by molar-refractivity contribution is 1.47. The van der Waals surface area contributed by atoms with E-state index < -0.39 is 0 Å². The van der Waals surface area contributed by atoms with Gasteiger partial charge in [-0.1, -0.05) is 24.3 Å². The van der Waals surface area contributed by atoms with Crippen LogP contribution in [0, 0.1) is 45.3 Å². The third-order valence-corrected chi connectivity index (χ3v) is 2.99. The number of fused-ring (bicyclic) bond motifs is 1. The van der Waals surface area contributed by atoms with Gasteiger partial charge < -0.3 is 0 Å². The van der Waals surface area contributed by atoms with Gasteiger partial charge >= 0.3 is 0 Å². The van der Waals surface area contributed by atoms with Crippen LogP contribution in [0.2, 0.25) is 0 Å². The van der Waals surface area contributed by atoms with Crippen molar-refractivity contribution in [1.29, 1.82) is 21.0 Å². The van der Waals surface area contributed by atoms with Crippen molar-refractivity contribution in [3.8, 4) is 24.3 Å². The van der Waals surface area contributed by atoms with Crippen LogP contribution in [0.1, 0.15) is 11.1 Å². The lowest BCUT2D eigenvalue weighted by Crippen LogP contribution is -1.81. The molecule has 0 aliphatic carbocycles. The molecule has 2 aromatic carbocycles. The maximum Gasteiger partial charge on any atom is 0.130 e. The van der Waals surface area contributed by atoms with Crippen LogP contribution in [0.4, 0.5) is 0 Å². The Morgan fingerprint density at radius 3 is 1.32 bits per heavy atom. The standard InChI is InChI=1S/C18H8N4/c19-9-15(10-20)5-13-1-3-17-8-14(2-4-18(17)7-13)6-16(11-21)12-22/h1-8H. The van der Waals surface area contributed by atoms with Crippen molar-refractivity contribution in [3.63, 3.8) is 0 Å². The Labute approximate surface area is 127 Å². The zero-order chi connectivity index (χ0) is 15.9. The first kappa shape index (κ1) is 14.5. The van der Waals surface area contributed by atoms with E-state index in [0.29, 0.717) is 0 Å². The third kappa shape index (κ3) is 3.17. The molecule has 0 aromatic heterocycles. The Morgan fingerprint density at radius 2 is 1.00 bits per heavy atom. The van der Waals surface area contributed by atoms with Crippen molar-refractivity contribution in [2.75, 3.05) is 0 Å². The van der Waals surface area contributed by atoms with E-state index in [1.807, 2.05) is 48.5 Å². The van der Waals surface area contributed by atoms with Gasteiger partial charge in [-0.15, -0.1) is 0 Å². The minimum absolute atomic E-state index is 0.0478. The minimum atomic E-state index is 0.0478. The van der Waals surface area contributed by atoms with E-state index in [4.69, 9.17) is 21.0 Å². The summed E-state index contributed by atoms with van der Waals surface area (Å²) in [6.07, 6.45) is 3.05. The average molecular weight is 280 g/mol. The molecule has 22 heavy (non-hydrogen) atoms. The second-order valence-corrected chi connectivity index (χ2v) is 4.43. The normalized spacial score (nSPS) is 8.73. The maximum absolute atomic E-state index is 8.77. The zero-order valence-electron chi connectivity index (χ0n) is 11.4. The summed E-state index contributed by atoms with van der Waals surface area (Å²) in [7, 11) is 0. The fourth-order valence-corrected chi connectivity index (χ4v) is 1.97. The fraction of sp³-hybridized carbons (Fsp3) is 0. The van der Waals surface area contributed by atoms with Gasteiger partial charge in [0.05, 0.1) is 0 Å². The monoisotopic (exact) mass is 280 g/mol. The molecule has 0 radical (unpaired) electrons. The molecule has 0 N–H and O–H groups in total. The van der Waals surface area contributed by atoms with Gasteiger partial charge in [0, 0.05) is 0 Å². The van der Waals surface area contributed by atoms with E-state index >= 15 is 0 Å². The van der Waals surface area contributed by atoms with E-state index in [-0.39, 0.29) is 11.1 Å². The van der Waals surface area contributed by atoms with Gasteiger partial charge in [-0.25, -0.2) is 0 Å². The number of nitrogens with zero attached hydrogens (tertiary/aromatic N) is 4. The van der Waals surface area contributed by atoms with E-state index in [0.717, 1.165) is 21.9 Å². The molecular weight excluding hydrogens is 272 g/mol. The van der Waals surface area contributed by atoms with Crippen molar-refractivity contribution in [1.82, 2.24) is 0 Å². The molecule has 4 heteroatoms. The van der Waals surface area contributed by atoms with E-state index in [1.165, 1.54) is 12.2 Å². The number of rotatable bonds is 2. The van der Waals surface area contributed by atoms with Gasteiger partial charge in [-0.05, 0) is 46.2 Å². The van der Waals surface area contributed by atoms with Crippen LogP contribution in [0.25, 0.3) is 22.9 Å². The SMILES string of the molecule is N#CC(C#N)=Cc1ccc2cc(C=C(C#N)C#N)ccc2c1. The molecule has 2 aromatic rings. The van der Waals surface area contributed by atoms with Crippen LogP contribution in [-0.4, -0.2) is 0 Å². The molecule has 0 aliphatic rings. The van der Waals surface area contributed by atoms with E-state index in [1.54, 1.807) is 12.1 Å². The molecule has 2 rings (SSSR count). The Balaban J connectivity index is 2.48. The summed E-state index contributed by atoms with van der Waals surface area (Å²) < 4.78 is 0. The number of benzene rings is 2. The molecule has 0 fully saturated rings. The summed E-state index contributed by atoms with van der Waals surface area (Å²) in [5.74, 6) is 0. The molecule has 0 saturated heterocycles. The largest absolute Gasteiger partial charge is 0.192 e. The predicted octanol–water partition coefficient (Wildman–Crippen LogP) is 3.70. The molecule has 0 heterocycles. The number of hydrogen-bond donors (Lipinski definition) is 0. The van der Waals surface area contributed by atoms with Gasteiger partial charge in [-0.3, -0.25) is 0 Å². The summed E-state index contributed by atoms with van der Waals surface area (Å²) in [4.78, 5) is 0. The first-order valence-corrected chi connectivity index (χ1v) is 6.28. The quantitative estimate of drug-likeness (QED) is 0.783. The highest BCUT2D eigenvalue weighted by molar-refractivity contribution is 5.87. The summed E-state index contributed by atoms with van der Waals surface area (Å²) in [6.45, 7) is 0. The fourth-order valence-electron chi connectivity index (χ4n) is 1.97. The number of nitriles is 4. The molecule has 0 aliphatic heterocycles. The minimum Gasteiger partial charge on any atom is -0.192 e. The third-order valence-electron chi connectivity index (χ3n) is 2.99. The van der Waals surface area contributed by atoms with Crippen molar-refractivity contribution in [3.05, 3.63) is 58.7 Å². The van der Waals surface area contributed by atoms with Gasteiger partial charge in [0.15, 0.2) is 0 Å². The summed E-state index contributed by atoms with van der Waals surface area (Å²) in [5, 5.41) is 37.0. The smallest absolute Gasteiger partial charge is 0.130 e. The van der Waals surface area contributed by atoms with Crippen LogP contribution >= 0.6 is 0 Å². The van der Waals surface area contributed by atoms with Crippen molar-refractivity contribution in [2.24, 2.45) is 0 Å². The van der Waals surface area contributed by atoms with Gasteiger partial charge in [0.2, 0.25) is 0 Å². The van der Waals surface area contributed by atoms with Gasteiger partial charge in [0.25, 0.3) is 0 Å². The highest BCUT2D eigenvalue weighted by Gasteiger charge is 2.00. The molecule has 0 bridgehead atoms. The molecule has 100 valence electrons. The second kappa shape index (κ2) is 6.53. The lowest BCUT2D eigenvalue weighted by atomic mass is 10.0. The topological polar surface area (TPSA) is 95.2 Å². The van der Waals surface area contributed by atoms with Crippen molar-refractivity contribution in [2.45, 2.75) is 0 Å². The summed E-state index contributed by atoms with van der Waals surface area (Å²) in [5.41, 5.74) is 1.63. The Hall–Kier alpha value is -3.86. The molecular formula is C18H8N4. The molecule has 0 saturated carbocycles. The van der Waals surface area contributed by atoms with Crippen LogP contribution in [0.3, 0.4) is 0 Å². The molecule has 4 nitrogen and oxygen atoms in total. The first-order valence-electron chi connectivity index (χ1n) is 6.28. The van der Waals surface area contributed by atoms with Crippen LogP contribution < -0.4 is 0 Å². The van der Waals surface area contributed by atoms with Crippen LogP contribution in [-0.2, 0) is 0 Å². The van der Waals surface area contributed by atoms with Gasteiger partial charge in [-0.2, -0.15) is 21.0 Å². The highest BCUT2D eigenvalue weighted by Crippen LogP contribution is 2.20. The first-order chi connectivity index (χ1) is 10.7. The van der Waals surface area contributed by atoms with E-state index in [9.17, 15) is 0 Å². The molecule has 0 amide bonds. The molecule has 0 spiro atoms. The van der Waals surface area contributed by atoms with Crippen molar-refractivity contribution < 1.29 is 0 Å². The Morgan fingerprint density at radius 1 is 0.636 bits per heavy atom. The Kier molecular flexibility index (Phi) is 4.32. The number of allylic oxidation sites excluding steroid dienone is 2. The average Bonchev–Trinajstić information content (AvgIpc) is 2.57. The number of hydrogen-bond acceptors (Lipinski definition) is 4. The summed E-state index contributed by atoms with van der Waals surface area (Å²) in [6, 6.07) is 18.4. The van der Waals surface area contributed by atoms with Gasteiger partial charge in [0.1, 0.15) is 35.4 Å². The predicted molar refractivity (Wildman–Crippen MR) is 82.4 cm³/mol. The van der Waals surface area contributed by atoms with Crippen LogP contribution in [0.5, 0.6) is 0 Å². The lowest BCUT2D eigenvalue weighted by Gasteiger charge is -2.02. The second-order valence-electron chi connectivity index (χ2n) is 4.43. The van der Waals surface area contributed by atoms with E-state index in [2.05, 4.69) is 0 Å². The summed E-state index contributed by atoms with van der Waals surface area (Å²) >= 11 is 0. The zero-order valence-corrected chi connectivity index (χ0v) is 11.4. The maximum atomic E-state index is 8.77.